The highest BCUT2D eigenvalue weighted by Gasteiger charge is 2.26. The van der Waals surface area contributed by atoms with E-state index in [4.69, 9.17) is 9.31 Å². The summed E-state index contributed by atoms with van der Waals surface area (Å²) in [7, 11) is -0.187. The second kappa shape index (κ2) is 4.62. The molecule has 2 nitrogen and oxygen atoms in total. The number of rotatable bonds is 1. The molecule has 1 saturated heterocycles. The van der Waals surface area contributed by atoms with Crippen molar-refractivity contribution >= 4 is 23.0 Å². The predicted molar refractivity (Wildman–Crippen MR) is 58.7 cm³/mol. The Morgan fingerprint density at radius 1 is 1.31 bits per heavy atom. The van der Waals surface area contributed by atoms with Gasteiger partial charge in [-0.25, -0.2) is 0 Å². The SMILES string of the molecule is CC(C)(C)/C=C(\Br)B1OCCCO1. The van der Waals surface area contributed by atoms with Crippen molar-refractivity contribution in [1.29, 1.82) is 0 Å². The molecule has 0 bridgehead atoms. The summed E-state index contributed by atoms with van der Waals surface area (Å²) in [6.07, 6.45) is 3.12. The van der Waals surface area contributed by atoms with Crippen LogP contribution in [-0.2, 0) is 9.31 Å². The second-order valence-corrected chi connectivity index (χ2v) is 5.24. The van der Waals surface area contributed by atoms with Crippen molar-refractivity contribution in [2.45, 2.75) is 27.2 Å². The minimum Gasteiger partial charge on any atom is -0.407 e. The maximum atomic E-state index is 5.45. The molecule has 1 heterocycles. The molecule has 0 amide bonds. The van der Waals surface area contributed by atoms with E-state index in [2.05, 4.69) is 42.8 Å². The van der Waals surface area contributed by atoms with Gasteiger partial charge in [0.1, 0.15) is 0 Å². The molecule has 74 valence electrons. The first-order valence-electron chi connectivity index (χ1n) is 4.60. The summed E-state index contributed by atoms with van der Waals surface area (Å²) in [6, 6.07) is 0. The van der Waals surface area contributed by atoms with E-state index < -0.39 is 0 Å². The highest BCUT2D eigenvalue weighted by molar-refractivity contribution is 9.12. The Morgan fingerprint density at radius 2 is 1.85 bits per heavy atom. The smallest absolute Gasteiger partial charge is 0.407 e. The van der Waals surface area contributed by atoms with Crippen LogP contribution in [0.15, 0.2) is 10.5 Å². The van der Waals surface area contributed by atoms with Crippen molar-refractivity contribution in [3.63, 3.8) is 0 Å². The molecular weight excluding hydrogens is 231 g/mol. The fourth-order valence-corrected chi connectivity index (χ4v) is 2.08. The van der Waals surface area contributed by atoms with Gasteiger partial charge in [0.15, 0.2) is 0 Å². The standard InChI is InChI=1S/C9H16BBrO2/c1-9(2,3)7-8(11)10-12-5-4-6-13-10/h7H,4-6H2,1-3H3/b8-7-. The van der Waals surface area contributed by atoms with E-state index in [0.717, 1.165) is 24.0 Å². The van der Waals surface area contributed by atoms with E-state index in [1.165, 1.54) is 0 Å². The summed E-state index contributed by atoms with van der Waals surface area (Å²) in [5.74, 6) is 0. The average Bonchev–Trinajstić information content (AvgIpc) is 2.03. The molecule has 0 aliphatic carbocycles. The zero-order chi connectivity index (χ0) is 9.90. The lowest BCUT2D eigenvalue weighted by atomic mass is 9.83. The molecule has 0 radical (unpaired) electrons. The molecule has 0 aromatic rings. The number of hydrogen-bond acceptors (Lipinski definition) is 2. The third kappa shape index (κ3) is 4.29. The van der Waals surface area contributed by atoms with E-state index in [1.54, 1.807) is 0 Å². The molecule has 0 saturated carbocycles. The topological polar surface area (TPSA) is 18.5 Å². The van der Waals surface area contributed by atoms with Crippen molar-refractivity contribution < 1.29 is 9.31 Å². The Morgan fingerprint density at radius 3 is 2.31 bits per heavy atom. The van der Waals surface area contributed by atoms with Gasteiger partial charge in [0.25, 0.3) is 0 Å². The van der Waals surface area contributed by atoms with Crippen molar-refractivity contribution in [2.24, 2.45) is 5.41 Å². The van der Waals surface area contributed by atoms with Crippen LogP contribution in [0.25, 0.3) is 0 Å². The predicted octanol–water partition coefficient (Wildman–Crippen LogP) is 2.78. The maximum absolute atomic E-state index is 5.45. The molecule has 0 N–H and O–H groups in total. The molecule has 1 rings (SSSR count). The monoisotopic (exact) mass is 246 g/mol. The molecule has 13 heavy (non-hydrogen) atoms. The van der Waals surface area contributed by atoms with Gasteiger partial charge >= 0.3 is 7.12 Å². The fraction of sp³-hybridized carbons (Fsp3) is 0.778. The first-order valence-corrected chi connectivity index (χ1v) is 5.40. The van der Waals surface area contributed by atoms with Crippen LogP contribution in [0.2, 0.25) is 0 Å². The number of hydrogen-bond donors (Lipinski definition) is 0. The summed E-state index contributed by atoms with van der Waals surface area (Å²) < 4.78 is 11.9. The fourth-order valence-electron chi connectivity index (χ4n) is 1.13. The van der Waals surface area contributed by atoms with Crippen LogP contribution < -0.4 is 0 Å². The van der Waals surface area contributed by atoms with Gasteiger partial charge in [0.2, 0.25) is 0 Å². The first-order chi connectivity index (χ1) is 5.99. The van der Waals surface area contributed by atoms with Gasteiger partial charge < -0.3 is 9.31 Å². The molecule has 0 aromatic heterocycles. The molecule has 0 spiro atoms. The third-order valence-electron chi connectivity index (χ3n) is 1.62. The van der Waals surface area contributed by atoms with E-state index >= 15 is 0 Å². The minimum absolute atomic E-state index is 0.156. The highest BCUT2D eigenvalue weighted by Crippen LogP contribution is 2.24. The molecular formula is C9H16BBrO2. The lowest BCUT2D eigenvalue weighted by molar-refractivity contribution is 0.141. The summed E-state index contributed by atoms with van der Waals surface area (Å²) in [5, 5.41) is 0. The molecule has 4 heteroatoms. The van der Waals surface area contributed by atoms with Gasteiger partial charge in [-0.05, 0) is 11.8 Å². The van der Waals surface area contributed by atoms with Crippen molar-refractivity contribution in [1.82, 2.24) is 0 Å². The van der Waals surface area contributed by atoms with E-state index in [0.29, 0.717) is 0 Å². The van der Waals surface area contributed by atoms with Crippen LogP contribution in [0.1, 0.15) is 27.2 Å². The van der Waals surface area contributed by atoms with Crippen LogP contribution in [-0.4, -0.2) is 20.3 Å². The van der Waals surface area contributed by atoms with Crippen molar-refractivity contribution in [2.75, 3.05) is 13.2 Å². The minimum atomic E-state index is -0.187. The number of halogens is 1. The Bertz CT molecular complexity index is 192. The summed E-state index contributed by atoms with van der Waals surface area (Å²) >= 11 is 3.49. The number of allylic oxidation sites excluding steroid dienone is 1. The molecule has 0 atom stereocenters. The van der Waals surface area contributed by atoms with Crippen LogP contribution >= 0.6 is 15.9 Å². The van der Waals surface area contributed by atoms with Gasteiger partial charge in [0, 0.05) is 17.6 Å². The van der Waals surface area contributed by atoms with Crippen LogP contribution in [0.5, 0.6) is 0 Å². The van der Waals surface area contributed by atoms with Gasteiger partial charge in [-0.15, -0.1) is 0 Å². The van der Waals surface area contributed by atoms with Crippen LogP contribution in [0.3, 0.4) is 0 Å². The van der Waals surface area contributed by atoms with E-state index in [1.807, 2.05) is 0 Å². The Labute approximate surface area is 89.0 Å². The lowest BCUT2D eigenvalue weighted by Gasteiger charge is -2.21. The lowest BCUT2D eigenvalue weighted by Crippen LogP contribution is -2.30. The Kier molecular flexibility index (Phi) is 4.01. The molecule has 0 unspecified atom stereocenters. The highest BCUT2D eigenvalue weighted by atomic mass is 79.9. The normalized spacial score (nSPS) is 20.6. The zero-order valence-corrected chi connectivity index (χ0v) is 10.1. The summed E-state index contributed by atoms with van der Waals surface area (Å²) in [5.41, 5.74) is 0.156. The Hall–Kier alpha value is 0.205. The molecule has 1 aliphatic rings. The second-order valence-electron chi connectivity index (χ2n) is 4.32. The summed E-state index contributed by atoms with van der Waals surface area (Å²) in [6.45, 7) is 8.03. The van der Waals surface area contributed by atoms with Gasteiger partial charge in [-0.3, -0.25) is 0 Å². The zero-order valence-electron chi connectivity index (χ0n) is 8.47. The molecule has 0 aromatic carbocycles. The van der Waals surface area contributed by atoms with Crippen molar-refractivity contribution in [3.8, 4) is 0 Å². The first kappa shape index (κ1) is 11.3. The van der Waals surface area contributed by atoms with Crippen LogP contribution in [0, 0.1) is 5.41 Å². The average molecular weight is 247 g/mol. The summed E-state index contributed by atoms with van der Waals surface area (Å²) in [4.78, 5) is 0. The van der Waals surface area contributed by atoms with E-state index in [-0.39, 0.29) is 12.5 Å². The molecule has 1 aliphatic heterocycles. The van der Waals surface area contributed by atoms with E-state index in [9.17, 15) is 0 Å². The van der Waals surface area contributed by atoms with Crippen molar-refractivity contribution in [3.05, 3.63) is 10.5 Å². The van der Waals surface area contributed by atoms with Gasteiger partial charge in [-0.1, -0.05) is 42.8 Å². The largest absolute Gasteiger partial charge is 0.500 e. The van der Waals surface area contributed by atoms with Gasteiger partial charge in [-0.2, -0.15) is 0 Å². The maximum Gasteiger partial charge on any atom is 0.500 e. The van der Waals surface area contributed by atoms with Gasteiger partial charge in [0.05, 0.1) is 0 Å². The Balaban J connectivity index is 2.54. The third-order valence-corrected chi connectivity index (χ3v) is 2.23. The quantitative estimate of drug-likeness (QED) is 0.663. The van der Waals surface area contributed by atoms with Crippen LogP contribution in [0.4, 0.5) is 0 Å². The molecule has 1 fully saturated rings.